The number of hydrogen-bond donors (Lipinski definition) is 2. The Morgan fingerprint density at radius 1 is 1.80 bits per heavy atom. The van der Waals surface area contributed by atoms with Crippen LogP contribution >= 0.6 is 11.8 Å². The van der Waals surface area contributed by atoms with Crippen LogP contribution in [0.3, 0.4) is 0 Å². The molecule has 0 radical (unpaired) electrons. The highest BCUT2D eigenvalue weighted by molar-refractivity contribution is 7.99. The number of ether oxygens (including phenoxy) is 1. The summed E-state index contributed by atoms with van der Waals surface area (Å²) in [5, 5.41) is 8.88. The van der Waals surface area contributed by atoms with Gasteiger partial charge in [0.15, 0.2) is 5.56 Å². The van der Waals surface area contributed by atoms with E-state index in [9.17, 15) is 4.79 Å². The molecule has 0 unspecified atom stereocenters. The van der Waals surface area contributed by atoms with E-state index in [1.807, 2.05) is 0 Å². The number of thioether (sulfide) groups is 1. The lowest BCUT2D eigenvalue weighted by Gasteiger charge is -2.12. The lowest BCUT2D eigenvalue weighted by Crippen LogP contribution is -2.27. The molecule has 0 aliphatic carbocycles. The Balaban J connectivity index is 2.20. The molecule has 6 nitrogen and oxygen atoms in total. The third-order valence-electron chi connectivity index (χ3n) is 2.02. The number of aliphatic hydroxyl groups excluding tert-OH is 1. The fourth-order valence-corrected chi connectivity index (χ4v) is 2.38. The summed E-state index contributed by atoms with van der Waals surface area (Å²) in [5.41, 5.74) is 4.51. The molecule has 1 aliphatic heterocycles. The van der Waals surface area contributed by atoms with Crippen molar-refractivity contribution >= 4 is 17.6 Å². The SMILES string of the molecule is Nc1ccn([C@H]2O[C@H](CO)CS2)c(=O)n1. The van der Waals surface area contributed by atoms with E-state index in [-0.39, 0.29) is 18.5 Å². The second kappa shape index (κ2) is 4.21. The van der Waals surface area contributed by atoms with Gasteiger partial charge in [-0.15, -0.1) is 11.8 Å². The summed E-state index contributed by atoms with van der Waals surface area (Å²) in [6.07, 6.45) is 1.33. The monoisotopic (exact) mass is 229 g/mol. The number of rotatable bonds is 2. The largest absolute Gasteiger partial charge is 0.394 e. The van der Waals surface area contributed by atoms with E-state index < -0.39 is 11.2 Å². The minimum Gasteiger partial charge on any atom is -0.394 e. The maximum absolute atomic E-state index is 11.4. The standard InChI is InChI=1S/C8H11N3O3S/c9-6-1-2-11(7(13)10-6)8-14-5(3-12)4-15-8/h1-2,5,8,12H,3-4H2,(H2,9,10,13)/t5-,8+/m1/s1. The first-order chi connectivity index (χ1) is 7.20. The molecule has 15 heavy (non-hydrogen) atoms. The van der Waals surface area contributed by atoms with Gasteiger partial charge in [-0.05, 0) is 6.07 Å². The first-order valence-electron chi connectivity index (χ1n) is 4.43. The molecule has 0 amide bonds. The predicted octanol–water partition coefficient (Wildman–Crippen LogP) is -0.594. The van der Waals surface area contributed by atoms with E-state index >= 15 is 0 Å². The van der Waals surface area contributed by atoms with Gasteiger partial charge in [0, 0.05) is 11.9 Å². The summed E-state index contributed by atoms with van der Waals surface area (Å²) in [6, 6.07) is 1.54. The first kappa shape index (κ1) is 10.5. The number of anilines is 1. The van der Waals surface area contributed by atoms with Gasteiger partial charge in [-0.25, -0.2) is 4.79 Å². The molecule has 3 N–H and O–H groups in total. The summed E-state index contributed by atoms with van der Waals surface area (Å²) < 4.78 is 6.77. The molecule has 7 heteroatoms. The van der Waals surface area contributed by atoms with Gasteiger partial charge in [-0.2, -0.15) is 4.98 Å². The molecule has 1 saturated heterocycles. The minimum atomic E-state index is -0.439. The lowest BCUT2D eigenvalue weighted by atomic mass is 10.4. The normalized spacial score (nSPS) is 25.7. The van der Waals surface area contributed by atoms with E-state index in [0.717, 1.165) is 0 Å². The van der Waals surface area contributed by atoms with E-state index in [0.29, 0.717) is 5.75 Å². The molecule has 0 bridgehead atoms. The van der Waals surface area contributed by atoms with Gasteiger partial charge in [0.05, 0.1) is 12.7 Å². The van der Waals surface area contributed by atoms with Gasteiger partial charge < -0.3 is 15.6 Å². The molecule has 1 aliphatic rings. The maximum atomic E-state index is 11.4. The molecule has 2 atom stereocenters. The van der Waals surface area contributed by atoms with E-state index in [2.05, 4.69) is 4.98 Å². The van der Waals surface area contributed by atoms with Crippen LogP contribution in [0.1, 0.15) is 5.56 Å². The second-order valence-electron chi connectivity index (χ2n) is 3.12. The Morgan fingerprint density at radius 2 is 2.60 bits per heavy atom. The summed E-state index contributed by atoms with van der Waals surface area (Å²) in [5.74, 6) is 0.857. The van der Waals surface area contributed by atoms with Crippen LogP contribution < -0.4 is 11.4 Å². The Morgan fingerprint density at radius 3 is 3.20 bits per heavy atom. The molecule has 1 fully saturated rings. The van der Waals surface area contributed by atoms with Gasteiger partial charge in [-0.3, -0.25) is 4.57 Å². The van der Waals surface area contributed by atoms with Crippen LogP contribution in [-0.2, 0) is 4.74 Å². The van der Waals surface area contributed by atoms with Crippen LogP contribution in [0.4, 0.5) is 5.82 Å². The average Bonchev–Trinajstić information content (AvgIpc) is 2.66. The lowest BCUT2D eigenvalue weighted by molar-refractivity contribution is -0.00312. The van der Waals surface area contributed by atoms with E-state index in [1.165, 1.54) is 22.4 Å². The highest BCUT2D eigenvalue weighted by Gasteiger charge is 2.27. The summed E-state index contributed by atoms with van der Waals surface area (Å²) >= 11 is 1.45. The highest BCUT2D eigenvalue weighted by atomic mass is 32.2. The number of aromatic nitrogens is 2. The fraction of sp³-hybridized carbons (Fsp3) is 0.500. The molecule has 2 rings (SSSR count). The Labute approximate surface area is 90.1 Å². The number of aliphatic hydroxyl groups is 1. The van der Waals surface area contributed by atoms with Gasteiger partial charge in [-0.1, -0.05) is 0 Å². The third kappa shape index (κ3) is 2.14. The van der Waals surface area contributed by atoms with Gasteiger partial charge in [0.2, 0.25) is 0 Å². The van der Waals surface area contributed by atoms with Gasteiger partial charge in [0.1, 0.15) is 5.82 Å². The van der Waals surface area contributed by atoms with Crippen molar-refractivity contribution < 1.29 is 9.84 Å². The number of nitrogen functional groups attached to an aromatic ring is 1. The molecular weight excluding hydrogens is 218 g/mol. The molecule has 1 aromatic heterocycles. The van der Waals surface area contributed by atoms with Crippen LogP contribution in [-0.4, -0.2) is 33.1 Å². The zero-order valence-electron chi connectivity index (χ0n) is 7.87. The van der Waals surface area contributed by atoms with Crippen molar-refractivity contribution in [1.29, 1.82) is 0 Å². The number of hydrogen-bond acceptors (Lipinski definition) is 6. The van der Waals surface area contributed by atoms with Crippen molar-refractivity contribution in [1.82, 2.24) is 9.55 Å². The smallest absolute Gasteiger partial charge is 0.352 e. The zero-order chi connectivity index (χ0) is 10.8. The van der Waals surface area contributed by atoms with Crippen LogP contribution in [0.25, 0.3) is 0 Å². The minimum absolute atomic E-state index is 0.0410. The molecule has 1 aromatic rings. The third-order valence-corrected chi connectivity index (χ3v) is 3.20. The molecular formula is C8H11N3O3S. The van der Waals surface area contributed by atoms with Crippen molar-refractivity contribution in [2.75, 3.05) is 18.1 Å². The van der Waals surface area contributed by atoms with Crippen molar-refractivity contribution in [3.8, 4) is 0 Å². The van der Waals surface area contributed by atoms with Crippen LogP contribution in [0.2, 0.25) is 0 Å². The first-order valence-corrected chi connectivity index (χ1v) is 5.48. The maximum Gasteiger partial charge on any atom is 0.352 e. The molecule has 0 spiro atoms. The fourth-order valence-electron chi connectivity index (χ4n) is 1.26. The molecule has 82 valence electrons. The highest BCUT2D eigenvalue weighted by Crippen LogP contribution is 2.32. The topological polar surface area (TPSA) is 90.4 Å². The summed E-state index contributed by atoms with van der Waals surface area (Å²) in [4.78, 5) is 15.0. The molecule has 2 heterocycles. The van der Waals surface area contributed by atoms with E-state index in [1.54, 1.807) is 6.20 Å². The van der Waals surface area contributed by atoms with Crippen molar-refractivity contribution in [2.45, 2.75) is 11.7 Å². The number of nitrogens with two attached hydrogens (primary N) is 1. The van der Waals surface area contributed by atoms with Crippen molar-refractivity contribution in [2.24, 2.45) is 0 Å². The zero-order valence-corrected chi connectivity index (χ0v) is 8.68. The predicted molar refractivity (Wildman–Crippen MR) is 56.4 cm³/mol. The molecule has 0 aromatic carbocycles. The van der Waals surface area contributed by atoms with Crippen LogP contribution in [0.15, 0.2) is 17.1 Å². The van der Waals surface area contributed by atoms with Gasteiger partial charge >= 0.3 is 5.69 Å². The van der Waals surface area contributed by atoms with Crippen LogP contribution in [0.5, 0.6) is 0 Å². The summed E-state index contributed by atoms with van der Waals surface area (Å²) in [6.45, 7) is -0.0410. The molecule has 0 saturated carbocycles. The second-order valence-corrected chi connectivity index (χ2v) is 4.19. The van der Waals surface area contributed by atoms with E-state index in [4.69, 9.17) is 15.6 Å². The van der Waals surface area contributed by atoms with Crippen LogP contribution in [0, 0.1) is 0 Å². The summed E-state index contributed by atoms with van der Waals surface area (Å²) in [7, 11) is 0. The van der Waals surface area contributed by atoms with Crippen molar-refractivity contribution in [3.63, 3.8) is 0 Å². The average molecular weight is 229 g/mol. The van der Waals surface area contributed by atoms with Crippen molar-refractivity contribution in [3.05, 3.63) is 22.7 Å². The Kier molecular flexibility index (Phi) is 2.94. The quantitative estimate of drug-likeness (QED) is 0.704. The number of nitrogens with zero attached hydrogens (tertiary/aromatic N) is 2. The Bertz CT molecular complexity index is 408. The van der Waals surface area contributed by atoms with Gasteiger partial charge in [0.25, 0.3) is 0 Å². The Hall–Kier alpha value is -1.05.